The third-order valence-electron chi connectivity index (χ3n) is 3.09. The van der Waals surface area contributed by atoms with E-state index in [4.69, 9.17) is 10.3 Å². The maximum atomic E-state index is 5.72. The average Bonchev–Trinajstić information content (AvgIpc) is 2.89. The van der Waals surface area contributed by atoms with Gasteiger partial charge in [-0.05, 0) is 25.8 Å². The molecule has 1 aromatic rings. The van der Waals surface area contributed by atoms with E-state index in [1.807, 2.05) is 0 Å². The van der Waals surface area contributed by atoms with E-state index in [0.29, 0.717) is 6.04 Å². The number of likely N-dealkylation sites (tertiary alicyclic amines) is 1. The van der Waals surface area contributed by atoms with E-state index in [2.05, 4.69) is 22.0 Å². The summed E-state index contributed by atoms with van der Waals surface area (Å²) in [5, 5.41) is 3.95. The Morgan fingerprint density at radius 2 is 2.35 bits per heavy atom. The van der Waals surface area contributed by atoms with Crippen molar-refractivity contribution in [2.24, 2.45) is 5.73 Å². The summed E-state index contributed by atoms with van der Waals surface area (Å²) in [7, 11) is 0. The zero-order chi connectivity index (χ0) is 11.4. The average molecular weight is 261 g/mol. The SMILES string of the molecule is CCCc1noc(CN2CCCC2CN)n1.Cl. The van der Waals surface area contributed by atoms with E-state index in [0.717, 1.165) is 44.2 Å². The Hall–Kier alpha value is -0.650. The van der Waals surface area contributed by atoms with Gasteiger partial charge in [0.1, 0.15) is 0 Å². The van der Waals surface area contributed by atoms with Gasteiger partial charge in [-0.2, -0.15) is 4.98 Å². The molecular formula is C11H21ClN4O. The van der Waals surface area contributed by atoms with Gasteiger partial charge in [-0.1, -0.05) is 12.1 Å². The molecule has 6 heteroatoms. The first-order chi connectivity index (χ1) is 7.83. The lowest BCUT2D eigenvalue weighted by molar-refractivity contribution is 0.214. The first kappa shape index (κ1) is 14.4. The fraction of sp³-hybridized carbons (Fsp3) is 0.818. The molecule has 0 amide bonds. The fourth-order valence-electron chi connectivity index (χ4n) is 2.22. The molecule has 0 saturated carbocycles. The Morgan fingerprint density at radius 3 is 3.06 bits per heavy atom. The van der Waals surface area contributed by atoms with E-state index in [-0.39, 0.29) is 12.4 Å². The minimum Gasteiger partial charge on any atom is -0.338 e. The highest BCUT2D eigenvalue weighted by molar-refractivity contribution is 5.85. The van der Waals surface area contributed by atoms with Crippen molar-refractivity contribution in [3.8, 4) is 0 Å². The fourth-order valence-corrected chi connectivity index (χ4v) is 2.22. The number of hydrogen-bond acceptors (Lipinski definition) is 5. The number of hydrogen-bond donors (Lipinski definition) is 1. The van der Waals surface area contributed by atoms with Crippen molar-refractivity contribution < 1.29 is 4.52 Å². The predicted octanol–water partition coefficient (Wildman–Crippen LogP) is 1.37. The Labute approximate surface area is 108 Å². The smallest absolute Gasteiger partial charge is 0.240 e. The molecule has 1 aliphatic rings. The van der Waals surface area contributed by atoms with Crippen molar-refractivity contribution >= 4 is 12.4 Å². The molecule has 1 unspecified atom stereocenters. The quantitative estimate of drug-likeness (QED) is 0.866. The lowest BCUT2D eigenvalue weighted by Crippen LogP contribution is -2.34. The lowest BCUT2D eigenvalue weighted by Gasteiger charge is -2.20. The first-order valence-electron chi connectivity index (χ1n) is 6.09. The van der Waals surface area contributed by atoms with Crippen LogP contribution in [0, 0.1) is 0 Å². The van der Waals surface area contributed by atoms with E-state index in [9.17, 15) is 0 Å². The molecule has 1 aromatic heterocycles. The van der Waals surface area contributed by atoms with Gasteiger partial charge in [0.15, 0.2) is 5.82 Å². The van der Waals surface area contributed by atoms with Gasteiger partial charge in [-0.25, -0.2) is 0 Å². The van der Waals surface area contributed by atoms with Crippen LogP contribution in [0.3, 0.4) is 0 Å². The van der Waals surface area contributed by atoms with Gasteiger partial charge in [-0.3, -0.25) is 4.90 Å². The van der Waals surface area contributed by atoms with Gasteiger partial charge >= 0.3 is 0 Å². The maximum Gasteiger partial charge on any atom is 0.240 e. The van der Waals surface area contributed by atoms with Gasteiger partial charge in [0.25, 0.3) is 0 Å². The summed E-state index contributed by atoms with van der Waals surface area (Å²) in [6.07, 6.45) is 4.35. The molecule has 0 bridgehead atoms. The van der Waals surface area contributed by atoms with Crippen LogP contribution < -0.4 is 5.73 Å². The highest BCUT2D eigenvalue weighted by atomic mass is 35.5. The summed E-state index contributed by atoms with van der Waals surface area (Å²) in [5.41, 5.74) is 5.72. The Balaban J connectivity index is 0.00000144. The third kappa shape index (κ3) is 3.66. The Bertz CT molecular complexity index is 331. The second-order valence-electron chi connectivity index (χ2n) is 4.36. The molecule has 17 heavy (non-hydrogen) atoms. The number of aryl methyl sites for hydroxylation is 1. The molecule has 5 nitrogen and oxygen atoms in total. The van der Waals surface area contributed by atoms with Gasteiger partial charge in [0, 0.05) is 19.0 Å². The number of nitrogens with zero attached hydrogens (tertiary/aromatic N) is 3. The number of aromatic nitrogens is 2. The predicted molar refractivity (Wildman–Crippen MR) is 68.0 cm³/mol. The molecule has 0 spiro atoms. The molecule has 1 aliphatic heterocycles. The van der Waals surface area contributed by atoms with Crippen LogP contribution in [0.15, 0.2) is 4.52 Å². The molecule has 2 heterocycles. The second-order valence-corrected chi connectivity index (χ2v) is 4.36. The van der Waals surface area contributed by atoms with Crippen molar-refractivity contribution in [1.29, 1.82) is 0 Å². The van der Waals surface area contributed by atoms with Crippen molar-refractivity contribution in [3.05, 3.63) is 11.7 Å². The molecular weight excluding hydrogens is 240 g/mol. The summed E-state index contributed by atoms with van der Waals surface area (Å²) < 4.78 is 5.23. The highest BCUT2D eigenvalue weighted by Gasteiger charge is 2.24. The molecule has 1 fully saturated rings. The number of nitrogens with two attached hydrogens (primary N) is 1. The third-order valence-corrected chi connectivity index (χ3v) is 3.09. The van der Waals surface area contributed by atoms with E-state index in [1.165, 1.54) is 12.8 Å². The summed E-state index contributed by atoms with van der Waals surface area (Å²) in [6, 6.07) is 0.488. The van der Waals surface area contributed by atoms with Crippen LogP contribution in [0.1, 0.15) is 37.9 Å². The molecule has 98 valence electrons. The summed E-state index contributed by atoms with van der Waals surface area (Å²) in [5.74, 6) is 1.55. The highest BCUT2D eigenvalue weighted by Crippen LogP contribution is 2.18. The van der Waals surface area contributed by atoms with Gasteiger partial charge < -0.3 is 10.3 Å². The van der Waals surface area contributed by atoms with Crippen molar-refractivity contribution in [1.82, 2.24) is 15.0 Å². The monoisotopic (exact) mass is 260 g/mol. The Morgan fingerprint density at radius 1 is 1.53 bits per heavy atom. The first-order valence-corrected chi connectivity index (χ1v) is 6.09. The van der Waals surface area contributed by atoms with Crippen LogP contribution in [0.4, 0.5) is 0 Å². The van der Waals surface area contributed by atoms with Crippen LogP contribution in [0.2, 0.25) is 0 Å². The molecule has 0 radical (unpaired) electrons. The Kier molecular flexibility index (Phi) is 5.88. The normalized spacial score (nSPS) is 20.5. The topological polar surface area (TPSA) is 68.2 Å². The van der Waals surface area contributed by atoms with Gasteiger partial charge in [-0.15, -0.1) is 12.4 Å². The molecule has 1 saturated heterocycles. The number of halogens is 1. The molecule has 2 rings (SSSR count). The van der Waals surface area contributed by atoms with Crippen molar-refractivity contribution in [2.45, 2.75) is 45.2 Å². The molecule has 1 atom stereocenters. The maximum absolute atomic E-state index is 5.72. The van der Waals surface area contributed by atoms with Crippen molar-refractivity contribution in [2.75, 3.05) is 13.1 Å². The largest absolute Gasteiger partial charge is 0.338 e. The van der Waals surface area contributed by atoms with Gasteiger partial charge in [0.05, 0.1) is 6.54 Å². The van der Waals surface area contributed by atoms with E-state index < -0.39 is 0 Å². The van der Waals surface area contributed by atoms with Crippen LogP contribution in [-0.4, -0.2) is 34.2 Å². The molecule has 0 aromatic carbocycles. The summed E-state index contributed by atoms with van der Waals surface area (Å²) >= 11 is 0. The molecule has 0 aliphatic carbocycles. The van der Waals surface area contributed by atoms with Crippen molar-refractivity contribution in [3.63, 3.8) is 0 Å². The van der Waals surface area contributed by atoms with Crippen LogP contribution in [-0.2, 0) is 13.0 Å². The zero-order valence-electron chi connectivity index (χ0n) is 10.3. The van der Waals surface area contributed by atoms with Crippen LogP contribution in [0.25, 0.3) is 0 Å². The second kappa shape index (κ2) is 6.93. The minimum absolute atomic E-state index is 0. The van der Waals surface area contributed by atoms with Gasteiger partial charge in [0.2, 0.25) is 5.89 Å². The number of rotatable bonds is 5. The molecule has 2 N–H and O–H groups in total. The van der Waals surface area contributed by atoms with E-state index >= 15 is 0 Å². The van der Waals surface area contributed by atoms with Crippen LogP contribution in [0.5, 0.6) is 0 Å². The van der Waals surface area contributed by atoms with E-state index in [1.54, 1.807) is 0 Å². The van der Waals surface area contributed by atoms with Crippen LogP contribution >= 0.6 is 12.4 Å². The zero-order valence-corrected chi connectivity index (χ0v) is 11.1. The summed E-state index contributed by atoms with van der Waals surface area (Å²) in [6.45, 7) is 4.67. The summed E-state index contributed by atoms with van der Waals surface area (Å²) in [4.78, 5) is 6.71. The standard InChI is InChI=1S/C11H20N4O.ClH/c1-2-4-10-13-11(16-14-10)8-15-6-3-5-9(15)7-12;/h9H,2-8,12H2,1H3;1H. The minimum atomic E-state index is 0. The lowest BCUT2D eigenvalue weighted by atomic mass is 10.2.